The summed E-state index contributed by atoms with van der Waals surface area (Å²) in [5.74, 6) is 8.86. The molecule has 277 valence electrons. The number of furan rings is 1. The first-order chi connectivity index (χ1) is 25.4. The number of aromatic nitrogens is 4. The average Bonchev–Trinajstić information content (AvgIpc) is 3.70. The molecule has 7 heteroatoms. The van der Waals surface area contributed by atoms with Crippen LogP contribution < -0.4 is 4.40 Å². The number of hydrogen-bond donors (Lipinski definition) is 0. The van der Waals surface area contributed by atoms with Crippen molar-refractivity contribution in [2.45, 2.75) is 71.3 Å². The van der Waals surface area contributed by atoms with Crippen molar-refractivity contribution in [2.24, 2.45) is 5.92 Å². The van der Waals surface area contributed by atoms with Crippen LogP contribution in [0.4, 0.5) is 0 Å². The third-order valence-electron chi connectivity index (χ3n) is 9.78. The van der Waals surface area contributed by atoms with Gasteiger partial charge in [0.15, 0.2) is 0 Å². The summed E-state index contributed by atoms with van der Waals surface area (Å²) in [6.07, 6.45) is 3.27. The Labute approximate surface area is 336 Å². The first-order valence-electron chi connectivity index (χ1n) is 18.6. The molecule has 0 N–H and O–H groups in total. The standard InChI is InChI=1S/C29H24N3O.C18H24GeN.Ir/c1-17(2)32-25-14-6-5-13-23(25)30-28(32)22-12-8-11-20-21-15-16-24(31-29(21)33-27(20)22)26-18(3)9-7-10-19(26)4;1-14(2)11-16-12-18(15-9-7-6-8-10-15)20-13-17(16)19(3,4)5;/h5-11,13-17H,1-4H3;6-9,12-14H,11H2,1-5H3;/q2*-1;. The number of para-hydroxylation sites is 2. The second-order valence-electron chi connectivity index (χ2n) is 15.8. The van der Waals surface area contributed by atoms with Gasteiger partial charge < -0.3 is 8.98 Å². The van der Waals surface area contributed by atoms with E-state index in [0.717, 1.165) is 67.7 Å². The minimum atomic E-state index is -1.86. The minimum Gasteiger partial charge on any atom is -0.486 e. The largest absolute Gasteiger partial charge is 0.486 e. The van der Waals surface area contributed by atoms with E-state index in [-0.39, 0.29) is 26.1 Å². The second kappa shape index (κ2) is 16.2. The fourth-order valence-corrected chi connectivity index (χ4v) is 10.7. The zero-order valence-corrected chi connectivity index (χ0v) is 37.2. The SMILES string of the molecule is CC(C)Cc1cc(-c2[c-]cccc2)nc[c]1[Ge]([CH3])([CH3])[CH3].Cc1cccc(C)c1-c1ccc2c(n1)oc1c(-c3nc4ccccc4n3C(C)C)[c-]ccc12.[Ir]. The summed E-state index contributed by atoms with van der Waals surface area (Å²) in [4.78, 5) is 14.6. The van der Waals surface area contributed by atoms with Gasteiger partial charge in [0.2, 0.25) is 5.71 Å². The van der Waals surface area contributed by atoms with Crippen LogP contribution in [0.1, 0.15) is 50.4 Å². The molecule has 4 aromatic heterocycles. The van der Waals surface area contributed by atoms with Gasteiger partial charge in [-0.15, -0.1) is 18.2 Å². The maximum Gasteiger partial charge on any atom is 0.216 e. The molecule has 54 heavy (non-hydrogen) atoms. The predicted molar refractivity (Wildman–Crippen MR) is 224 cm³/mol. The Morgan fingerprint density at radius 3 is 2.19 bits per heavy atom. The first-order valence-corrected chi connectivity index (χ1v) is 26.0. The molecule has 0 aliphatic carbocycles. The quantitative estimate of drug-likeness (QED) is 0.118. The van der Waals surface area contributed by atoms with Gasteiger partial charge >= 0.3 is 126 Å². The molecule has 0 saturated heterocycles. The molecule has 1 radical (unpaired) electrons. The van der Waals surface area contributed by atoms with Crippen molar-refractivity contribution in [1.29, 1.82) is 0 Å². The van der Waals surface area contributed by atoms with Gasteiger partial charge in [0.25, 0.3) is 0 Å². The van der Waals surface area contributed by atoms with Crippen LogP contribution in [0.5, 0.6) is 0 Å². The number of benzene rings is 4. The summed E-state index contributed by atoms with van der Waals surface area (Å²) in [5, 5.41) is 2.03. The van der Waals surface area contributed by atoms with E-state index >= 15 is 0 Å². The van der Waals surface area contributed by atoms with Crippen LogP contribution in [0.15, 0.2) is 108 Å². The third kappa shape index (κ3) is 7.89. The average molecular weight is 950 g/mol. The molecule has 5 nitrogen and oxygen atoms in total. The van der Waals surface area contributed by atoms with Crippen LogP contribution in [0, 0.1) is 31.9 Å². The smallest absolute Gasteiger partial charge is 0.216 e. The van der Waals surface area contributed by atoms with Gasteiger partial charge in [-0.2, -0.15) is 0 Å². The van der Waals surface area contributed by atoms with Gasteiger partial charge in [-0.05, 0) is 63.1 Å². The van der Waals surface area contributed by atoms with Crippen LogP contribution in [-0.2, 0) is 26.5 Å². The summed E-state index contributed by atoms with van der Waals surface area (Å²) < 4.78 is 10.2. The molecule has 0 amide bonds. The van der Waals surface area contributed by atoms with Crippen molar-refractivity contribution in [2.75, 3.05) is 0 Å². The molecule has 4 heterocycles. The molecule has 0 fully saturated rings. The summed E-state index contributed by atoms with van der Waals surface area (Å²) >= 11 is -1.86. The number of imidazole rings is 1. The molecule has 4 aromatic carbocycles. The number of nitrogens with zero attached hydrogens (tertiary/aromatic N) is 4. The Bertz CT molecular complexity index is 2540. The van der Waals surface area contributed by atoms with Crippen LogP contribution in [-0.4, -0.2) is 32.8 Å². The molecular weight excluding hydrogens is 901 g/mol. The van der Waals surface area contributed by atoms with E-state index in [1.165, 1.54) is 16.7 Å². The van der Waals surface area contributed by atoms with Gasteiger partial charge in [-0.25, -0.2) is 4.98 Å². The van der Waals surface area contributed by atoms with E-state index in [1.807, 2.05) is 36.4 Å². The zero-order valence-electron chi connectivity index (χ0n) is 32.7. The Morgan fingerprint density at radius 1 is 0.759 bits per heavy atom. The number of rotatable bonds is 7. The zero-order chi connectivity index (χ0) is 37.4. The molecule has 0 unspecified atom stereocenters. The van der Waals surface area contributed by atoms with Gasteiger partial charge in [0.05, 0.1) is 28.1 Å². The van der Waals surface area contributed by atoms with Crippen molar-refractivity contribution in [3.8, 4) is 33.9 Å². The fraction of sp³-hybridized carbons (Fsp3) is 0.255. The molecule has 8 aromatic rings. The Morgan fingerprint density at radius 2 is 1.50 bits per heavy atom. The third-order valence-corrected chi connectivity index (χ3v) is 14.1. The van der Waals surface area contributed by atoms with Crippen molar-refractivity contribution in [3.63, 3.8) is 0 Å². The minimum absolute atomic E-state index is 0. The van der Waals surface area contributed by atoms with Gasteiger partial charge in [-0.1, -0.05) is 41.3 Å². The van der Waals surface area contributed by atoms with Crippen molar-refractivity contribution in [1.82, 2.24) is 19.5 Å². The predicted octanol–water partition coefficient (Wildman–Crippen LogP) is 12.0. The van der Waals surface area contributed by atoms with E-state index in [1.54, 1.807) is 4.40 Å². The Balaban J connectivity index is 0.000000205. The summed E-state index contributed by atoms with van der Waals surface area (Å²) in [5.41, 5.74) is 12.5. The maximum absolute atomic E-state index is 6.41. The van der Waals surface area contributed by atoms with E-state index in [2.05, 4.69) is 142 Å². The molecule has 0 spiro atoms. The van der Waals surface area contributed by atoms with E-state index < -0.39 is 13.3 Å². The Hall–Kier alpha value is -4.36. The molecular formula is C47H48GeIrN4O-2. The van der Waals surface area contributed by atoms with Crippen LogP contribution in [0.3, 0.4) is 0 Å². The van der Waals surface area contributed by atoms with Gasteiger partial charge in [0, 0.05) is 37.1 Å². The molecule has 0 aliphatic rings. The topological polar surface area (TPSA) is 56.7 Å². The monoisotopic (exact) mass is 951 g/mol. The number of aryl methyl sites for hydroxylation is 2. The Kier molecular flexibility index (Phi) is 11.8. The van der Waals surface area contributed by atoms with Crippen LogP contribution >= 0.6 is 0 Å². The fourth-order valence-electron chi connectivity index (χ4n) is 7.37. The molecule has 8 rings (SSSR count). The molecule has 0 aliphatic heterocycles. The maximum atomic E-state index is 6.41. The number of hydrogen-bond acceptors (Lipinski definition) is 4. The second-order valence-corrected chi connectivity index (χ2v) is 26.3. The van der Waals surface area contributed by atoms with E-state index in [0.29, 0.717) is 11.6 Å². The summed E-state index contributed by atoms with van der Waals surface area (Å²) in [6, 6.07) is 40.1. The van der Waals surface area contributed by atoms with Crippen molar-refractivity contribution >= 4 is 50.8 Å². The van der Waals surface area contributed by atoms with E-state index in [9.17, 15) is 0 Å². The summed E-state index contributed by atoms with van der Waals surface area (Å²) in [6.45, 7) is 13.2. The van der Waals surface area contributed by atoms with Crippen molar-refractivity contribution < 1.29 is 24.5 Å². The number of fused-ring (bicyclic) bond motifs is 4. The van der Waals surface area contributed by atoms with Crippen LogP contribution in [0.2, 0.25) is 17.3 Å². The molecule has 0 atom stereocenters. The van der Waals surface area contributed by atoms with Gasteiger partial charge in [0.1, 0.15) is 0 Å². The van der Waals surface area contributed by atoms with Crippen LogP contribution in [0.25, 0.3) is 67.0 Å². The first kappa shape index (κ1) is 39.3. The molecule has 0 saturated carbocycles. The normalized spacial score (nSPS) is 11.7. The van der Waals surface area contributed by atoms with Gasteiger partial charge in [-0.3, -0.25) is 4.98 Å². The number of pyridine rings is 2. The molecule has 0 bridgehead atoms. The van der Waals surface area contributed by atoms with Crippen molar-refractivity contribution in [3.05, 3.63) is 132 Å². The summed E-state index contributed by atoms with van der Waals surface area (Å²) in [7, 11) is 0. The van der Waals surface area contributed by atoms with E-state index in [4.69, 9.17) is 19.4 Å².